The van der Waals surface area contributed by atoms with Gasteiger partial charge >= 0.3 is 11.9 Å². The number of carbonyl (C=O) groups is 2. The van der Waals surface area contributed by atoms with Crippen molar-refractivity contribution in [3.05, 3.63) is 23.3 Å². The van der Waals surface area contributed by atoms with Crippen molar-refractivity contribution in [1.82, 2.24) is 0 Å². The molecule has 0 heterocycles. The summed E-state index contributed by atoms with van der Waals surface area (Å²) in [5, 5.41) is 17.6. The van der Waals surface area contributed by atoms with Crippen molar-refractivity contribution >= 4 is 11.9 Å². The van der Waals surface area contributed by atoms with Crippen LogP contribution in [0.25, 0.3) is 0 Å². The van der Waals surface area contributed by atoms with Gasteiger partial charge in [-0.3, -0.25) is 4.79 Å². The minimum atomic E-state index is -1.15. The predicted octanol–water partition coefficient (Wildman–Crippen LogP) is 1.44. The van der Waals surface area contributed by atoms with E-state index in [1.807, 2.05) is 6.92 Å². The molecule has 4 heteroatoms. The van der Waals surface area contributed by atoms with E-state index in [1.54, 1.807) is 6.08 Å². The number of allylic oxidation sites excluding steroid dienone is 3. The molecule has 14 heavy (non-hydrogen) atoms. The zero-order valence-electron chi connectivity index (χ0n) is 7.86. The largest absolute Gasteiger partial charge is 0.481 e. The zero-order valence-corrected chi connectivity index (χ0v) is 7.86. The van der Waals surface area contributed by atoms with E-state index < -0.39 is 17.9 Å². The van der Waals surface area contributed by atoms with Crippen LogP contribution >= 0.6 is 0 Å². The molecule has 1 atom stereocenters. The third-order valence-corrected chi connectivity index (χ3v) is 2.30. The zero-order chi connectivity index (χ0) is 10.7. The van der Waals surface area contributed by atoms with Crippen molar-refractivity contribution in [2.75, 3.05) is 0 Å². The van der Waals surface area contributed by atoms with Gasteiger partial charge in [-0.2, -0.15) is 0 Å². The highest BCUT2D eigenvalue weighted by molar-refractivity contribution is 5.94. The molecule has 1 rings (SSSR count). The summed E-state index contributed by atoms with van der Waals surface area (Å²) in [6.45, 7) is 1.86. The smallest absolute Gasteiger partial charge is 0.332 e. The maximum Gasteiger partial charge on any atom is 0.332 e. The molecule has 0 aromatic carbocycles. The molecule has 0 spiro atoms. The topological polar surface area (TPSA) is 74.6 Å². The van der Waals surface area contributed by atoms with E-state index in [4.69, 9.17) is 10.2 Å². The van der Waals surface area contributed by atoms with Crippen LogP contribution < -0.4 is 0 Å². The van der Waals surface area contributed by atoms with Crippen LogP contribution in [0.4, 0.5) is 0 Å². The highest BCUT2D eigenvalue weighted by atomic mass is 16.4. The number of rotatable bonds is 2. The number of carboxylic acid groups (broad SMARTS) is 2. The van der Waals surface area contributed by atoms with Gasteiger partial charge < -0.3 is 10.2 Å². The molecule has 0 aliphatic heterocycles. The number of aliphatic carboxylic acids is 2. The quantitative estimate of drug-likeness (QED) is 0.700. The lowest BCUT2D eigenvalue weighted by Crippen LogP contribution is -2.20. The summed E-state index contributed by atoms with van der Waals surface area (Å²) >= 11 is 0. The van der Waals surface area contributed by atoms with Crippen molar-refractivity contribution < 1.29 is 19.8 Å². The second-order valence-electron chi connectivity index (χ2n) is 3.37. The first-order valence-corrected chi connectivity index (χ1v) is 4.36. The van der Waals surface area contributed by atoms with Gasteiger partial charge in [0.05, 0.1) is 11.5 Å². The maximum atomic E-state index is 10.8. The van der Waals surface area contributed by atoms with Crippen LogP contribution in [0.15, 0.2) is 23.3 Å². The highest BCUT2D eigenvalue weighted by Gasteiger charge is 2.27. The van der Waals surface area contributed by atoms with E-state index in [0.29, 0.717) is 12.8 Å². The third-order valence-electron chi connectivity index (χ3n) is 2.30. The van der Waals surface area contributed by atoms with E-state index in [9.17, 15) is 9.59 Å². The maximum absolute atomic E-state index is 10.8. The number of hydrogen-bond acceptors (Lipinski definition) is 2. The van der Waals surface area contributed by atoms with E-state index in [1.165, 1.54) is 6.08 Å². The average Bonchev–Trinajstić information content (AvgIpc) is 2.26. The second kappa shape index (κ2) is 4.09. The van der Waals surface area contributed by atoms with Gasteiger partial charge in [-0.1, -0.05) is 17.7 Å². The van der Waals surface area contributed by atoms with Gasteiger partial charge in [-0.05, 0) is 19.8 Å². The average molecular weight is 196 g/mol. The van der Waals surface area contributed by atoms with Crippen LogP contribution in [0.2, 0.25) is 0 Å². The number of carboxylic acids is 2. The van der Waals surface area contributed by atoms with Crippen molar-refractivity contribution in [1.29, 1.82) is 0 Å². The Morgan fingerprint density at radius 1 is 1.36 bits per heavy atom. The van der Waals surface area contributed by atoms with Gasteiger partial charge in [-0.15, -0.1) is 0 Å². The summed E-state index contributed by atoms with van der Waals surface area (Å²) in [6.07, 6.45) is 4.05. The van der Waals surface area contributed by atoms with Gasteiger partial charge in [0.25, 0.3) is 0 Å². The summed E-state index contributed by atoms with van der Waals surface area (Å²) in [6, 6.07) is 0. The number of hydrogen-bond donors (Lipinski definition) is 2. The van der Waals surface area contributed by atoms with Crippen LogP contribution in [0.5, 0.6) is 0 Å². The van der Waals surface area contributed by atoms with E-state index in [2.05, 4.69) is 0 Å². The molecule has 76 valence electrons. The van der Waals surface area contributed by atoms with Crippen LogP contribution in [-0.2, 0) is 9.59 Å². The molecule has 1 aliphatic carbocycles. The van der Waals surface area contributed by atoms with Gasteiger partial charge in [-0.25, -0.2) is 4.79 Å². The standard InChI is InChI=1S/C10H12O4/c1-6-2-4-7(9(11)12)8(5-3-6)10(13)14/h2,4,8H,3,5H2,1H3,(H,11,12)(H,13,14). The van der Waals surface area contributed by atoms with Crippen molar-refractivity contribution in [2.24, 2.45) is 5.92 Å². The molecule has 0 amide bonds. The summed E-state index contributed by atoms with van der Waals surface area (Å²) in [5.74, 6) is -3.11. The van der Waals surface area contributed by atoms with Crippen molar-refractivity contribution in [3.8, 4) is 0 Å². The molecule has 1 unspecified atom stereocenters. The Hall–Kier alpha value is -1.58. The summed E-state index contributed by atoms with van der Waals surface area (Å²) < 4.78 is 0. The fourth-order valence-electron chi connectivity index (χ4n) is 1.44. The first-order chi connectivity index (χ1) is 6.52. The van der Waals surface area contributed by atoms with E-state index in [-0.39, 0.29) is 5.57 Å². The lowest BCUT2D eigenvalue weighted by molar-refractivity contribution is -0.144. The first-order valence-electron chi connectivity index (χ1n) is 4.36. The highest BCUT2D eigenvalue weighted by Crippen LogP contribution is 2.24. The minimum absolute atomic E-state index is 0.0330. The monoisotopic (exact) mass is 196 g/mol. The first kappa shape index (κ1) is 10.5. The van der Waals surface area contributed by atoms with Crippen LogP contribution in [0.3, 0.4) is 0 Å². The Morgan fingerprint density at radius 3 is 2.50 bits per heavy atom. The molecule has 0 saturated carbocycles. The minimum Gasteiger partial charge on any atom is -0.481 e. The molecular weight excluding hydrogens is 184 g/mol. The molecule has 0 bridgehead atoms. The Labute approximate surface area is 81.6 Å². The molecule has 0 radical (unpaired) electrons. The SMILES string of the molecule is CC1=CC=C(C(=O)O)C(C(=O)O)CC1. The van der Waals surface area contributed by atoms with Crippen LogP contribution in [-0.4, -0.2) is 22.2 Å². The molecule has 0 saturated heterocycles. The van der Waals surface area contributed by atoms with Gasteiger partial charge in [0.15, 0.2) is 0 Å². The van der Waals surface area contributed by atoms with Gasteiger partial charge in [0.1, 0.15) is 0 Å². The normalized spacial score (nSPS) is 21.9. The van der Waals surface area contributed by atoms with Crippen LogP contribution in [0.1, 0.15) is 19.8 Å². The van der Waals surface area contributed by atoms with Crippen molar-refractivity contribution in [3.63, 3.8) is 0 Å². The summed E-state index contributed by atoms with van der Waals surface area (Å²) in [4.78, 5) is 21.6. The van der Waals surface area contributed by atoms with Crippen LogP contribution in [0, 0.1) is 5.92 Å². The molecule has 0 aromatic heterocycles. The Bertz CT molecular complexity index is 325. The molecule has 0 fully saturated rings. The lowest BCUT2D eigenvalue weighted by Gasteiger charge is -2.10. The van der Waals surface area contributed by atoms with E-state index >= 15 is 0 Å². The van der Waals surface area contributed by atoms with E-state index in [0.717, 1.165) is 5.57 Å². The van der Waals surface area contributed by atoms with Gasteiger partial charge in [0.2, 0.25) is 0 Å². The molecule has 2 N–H and O–H groups in total. The molecule has 4 nitrogen and oxygen atoms in total. The Balaban J connectivity index is 3.00. The lowest BCUT2D eigenvalue weighted by atomic mass is 9.95. The third kappa shape index (κ3) is 2.22. The summed E-state index contributed by atoms with van der Waals surface area (Å²) in [5.41, 5.74) is 0.974. The van der Waals surface area contributed by atoms with Crippen molar-refractivity contribution in [2.45, 2.75) is 19.8 Å². The summed E-state index contributed by atoms with van der Waals surface area (Å²) in [7, 11) is 0. The molecule has 1 aliphatic rings. The fourth-order valence-corrected chi connectivity index (χ4v) is 1.44. The fraction of sp³-hybridized carbons (Fsp3) is 0.400. The second-order valence-corrected chi connectivity index (χ2v) is 3.37. The predicted molar refractivity (Wildman–Crippen MR) is 49.8 cm³/mol. The Kier molecular flexibility index (Phi) is 3.06. The molecular formula is C10H12O4. The van der Waals surface area contributed by atoms with Gasteiger partial charge in [0, 0.05) is 0 Å². The molecule has 0 aromatic rings. The Morgan fingerprint density at radius 2 is 2.00 bits per heavy atom.